The first-order chi connectivity index (χ1) is 7.54. The number of hydrogen-bond donors (Lipinski definition) is 2. The minimum absolute atomic E-state index is 0.0552. The Hall–Kier alpha value is -1.84. The van der Waals surface area contributed by atoms with Crippen molar-refractivity contribution in [2.24, 2.45) is 0 Å². The maximum absolute atomic E-state index is 10.6. The number of aromatic carboxylic acids is 1. The van der Waals surface area contributed by atoms with E-state index in [1.165, 1.54) is 12.1 Å². The molecule has 1 aromatic carbocycles. The van der Waals surface area contributed by atoms with E-state index in [0.29, 0.717) is 0 Å². The summed E-state index contributed by atoms with van der Waals surface area (Å²) in [5.41, 5.74) is 1.09. The van der Waals surface area contributed by atoms with Crippen LogP contribution in [-0.2, 0) is 4.79 Å². The Kier molecular flexibility index (Phi) is 4.05. The molecule has 2 N–H and O–H groups in total. The molecule has 1 rings (SSSR count). The molecule has 0 radical (unpaired) electrons. The van der Waals surface area contributed by atoms with Gasteiger partial charge in [0.15, 0.2) is 0 Å². The lowest BCUT2D eigenvalue weighted by molar-refractivity contribution is -0.137. The average molecular weight is 222 g/mol. The summed E-state index contributed by atoms with van der Waals surface area (Å²) in [7, 11) is 0. The topological polar surface area (TPSA) is 74.6 Å². The van der Waals surface area contributed by atoms with Crippen molar-refractivity contribution >= 4 is 11.9 Å². The van der Waals surface area contributed by atoms with Crippen molar-refractivity contribution in [1.82, 2.24) is 0 Å². The summed E-state index contributed by atoms with van der Waals surface area (Å²) in [6, 6.07) is 6.37. The molecule has 0 saturated heterocycles. The second-order valence-corrected chi connectivity index (χ2v) is 3.63. The van der Waals surface area contributed by atoms with Crippen molar-refractivity contribution in [3.63, 3.8) is 0 Å². The van der Waals surface area contributed by atoms with Gasteiger partial charge in [-0.05, 0) is 30.0 Å². The standard InChI is InChI=1S/C12H14O4/c1-2-8(7-11(13)14)9-3-5-10(6-4-9)12(15)16/h3-6,8H,2,7H2,1H3,(H,13,14)(H,15,16). The first-order valence-electron chi connectivity index (χ1n) is 5.09. The van der Waals surface area contributed by atoms with Gasteiger partial charge in [0, 0.05) is 0 Å². The summed E-state index contributed by atoms with van der Waals surface area (Å²) in [6.07, 6.45) is 0.793. The number of aliphatic carboxylic acids is 1. The third-order valence-corrected chi connectivity index (χ3v) is 2.54. The molecular formula is C12H14O4. The first kappa shape index (κ1) is 12.2. The highest BCUT2D eigenvalue weighted by Gasteiger charge is 2.13. The van der Waals surface area contributed by atoms with Crippen LogP contribution in [-0.4, -0.2) is 22.2 Å². The first-order valence-corrected chi connectivity index (χ1v) is 5.09. The summed E-state index contributed by atoms with van der Waals surface area (Å²) in [5.74, 6) is -1.87. The van der Waals surface area contributed by atoms with Gasteiger partial charge in [-0.3, -0.25) is 4.79 Å². The summed E-state index contributed by atoms with van der Waals surface area (Å²) in [5, 5.41) is 17.4. The SMILES string of the molecule is CCC(CC(=O)O)c1ccc(C(=O)O)cc1. The zero-order valence-electron chi connectivity index (χ0n) is 9.01. The van der Waals surface area contributed by atoms with E-state index in [9.17, 15) is 9.59 Å². The third kappa shape index (κ3) is 3.08. The van der Waals surface area contributed by atoms with Crippen LogP contribution in [0.1, 0.15) is 41.6 Å². The van der Waals surface area contributed by atoms with Crippen LogP contribution in [0.3, 0.4) is 0 Å². The van der Waals surface area contributed by atoms with Crippen molar-refractivity contribution in [2.75, 3.05) is 0 Å². The Bertz CT molecular complexity index is 381. The third-order valence-electron chi connectivity index (χ3n) is 2.54. The molecule has 0 amide bonds. The summed E-state index contributed by atoms with van der Waals surface area (Å²) < 4.78 is 0. The number of benzene rings is 1. The van der Waals surface area contributed by atoms with Crippen LogP contribution >= 0.6 is 0 Å². The lowest BCUT2D eigenvalue weighted by Crippen LogP contribution is -2.06. The minimum atomic E-state index is -0.974. The van der Waals surface area contributed by atoms with E-state index in [4.69, 9.17) is 10.2 Å². The predicted molar refractivity (Wildman–Crippen MR) is 58.7 cm³/mol. The molecular weight excluding hydrogens is 208 g/mol. The van der Waals surface area contributed by atoms with Crippen molar-refractivity contribution in [2.45, 2.75) is 25.7 Å². The van der Waals surface area contributed by atoms with E-state index in [0.717, 1.165) is 12.0 Å². The monoisotopic (exact) mass is 222 g/mol. The predicted octanol–water partition coefficient (Wildman–Crippen LogP) is 2.35. The normalized spacial score (nSPS) is 12.1. The molecule has 0 aromatic heterocycles. The highest BCUT2D eigenvalue weighted by atomic mass is 16.4. The summed E-state index contributed by atoms with van der Waals surface area (Å²) >= 11 is 0. The highest BCUT2D eigenvalue weighted by molar-refractivity contribution is 5.87. The molecule has 0 aliphatic rings. The minimum Gasteiger partial charge on any atom is -0.481 e. The van der Waals surface area contributed by atoms with E-state index in [1.807, 2.05) is 6.92 Å². The second-order valence-electron chi connectivity index (χ2n) is 3.63. The van der Waals surface area contributed by atoms with E-state index in [-0.39, 0.29) is 17.9 Å². The van der Waals surface area contributed by atoms with Crippen molar-refractivity contribution in [3.05, 3.63) is 35.4 Å². The van der Waals surface area contributed by atoms with Crippen LogP contribution in [0.5, 0.6) is 0 Å². The smallest absolute Gasteiger partial charge is 0.335 e. The van der Waals surface area contributed by atoms with Crippen LogP contribution in [0.4, 0.5) is 0 Å². The maximum atomic E-state index is 10.6. The number of carbonyl (C=O) groups is 2. The fourth-order valence-electron chi connectivity index (χ4n) is 1.61. The summed E-state index contributed by atoms with van der Waals surface area (Å²) in [6.45, 7) is 1.92. The van der Waals surface area contributed by atoms with Crippen LogP contribution in [0.15, 0.2) is 24.3 Å². The molecule has 1 atom stereocenters. The van der Waals surface area contributed by atoms with Gasteiger partial charge in [-0.15, -0.1) is 0 Å². The zero-order valence-corrected chi connectivity index (χ0v) is 9.01. The van der Waals surface area contributed by atoms with Crippen LogP contribution in [0, 0.1) is 0 Å². The van der Waals surface area contributed by atoms with Crippen LogP contribution in [0.25, 0.3) is 0 Å². The number of rotatable bonds is 5. The van der Waals surface area contributed by atoms with E-state index < -0.39 is 11.9 Å². The highest BCUT2D eigenvalue weighted by Crippen LogP contribution is 2.23. The fraction of sp³-hybridized carbons (Fsp3) is 0.333. The zero-order chi connectivity index (χ0) is 12.1. The van der Waals surface area contributed by atoms with Crippen molar-refractivity contribution in [3.8, 4) is 0 Å². The lowest BCUT2D eigenvalue weighted by atomic mass is 9.92. The van der Waals surface area contributed by atoms with Gasteiger partial charge in [0.2, 0.25) is 0 Å². The van der Waals surface area contributed by atoms with Crippen molar-refractivity contribution in [1.29, 1.82) is 0 Å². The maximum Gasteiger partial charge on any atom is 0.335 e. The molecule has 4 heteroatoms. The molecule has 0 fully saturated rings. The van der Waals surface area contributed by atoms with Gasteiger partial charge in [-0.1, -0.05) is 19.1 Å². The number of carboxylic acid groups (broad SMARTS) is 2. The second kappa shape index (κ2) is 5.30. The fourth-order valence-corrected chi connectivity index (χ4v) is 1.61. The van der Waals surface area contributed by atoms with Crippen molar-refractivity contribution < 1.29 is 19.8 Å². The van der Waals surface area contributed by atoms with Crippen LogP contribution < -0.4 is 0 Å². The van der Waals surface area contributed by atoms with E-state index in [2.05, 4.69) is 0 Å². The Morgan fingerprint density at radius 1 is 1.19 bits per heavy atom. The van der Waals surface area contributed by atoms with Gasteiger partial charge >= 0.3 is 11.9 Å². The molecule has 0 bridgehead atoms. The molecule has 16 heavy (non-hydrogen) atoms. The Morgan fingerprint density at radius 2 is 1.75 bits per heavy atom. The van der Waals surface area contributed by atoms with E-state index >= 15 is 0 Å². The van der Waals surface area contributed by atoms with Gasteiger partial charge in [0.1, 0.15) is 0 Å². The van der Waals surface area contributed by atoms with Gasteiger partial charge in [0.25, 0.3) is 0 Å². The van der Waals surface area contributed by atoms with Gasteiger partial charge in [0.05, 0.1) is 12.0 Å². The Labute approximate surface area is 93.5 Å². The Balaban J connectivity index is 2.86. The lowest BCUT2D eigenvalue weighted by Gasteiger charge is -2.12. The van der Waals surface area contributed by atoms with Gasteiger partial charge in [-0.25, -0.2) is 4.79 Å². The molecule has 0 aliphatic carbocycles. The van der Waals surface area contributed by atoms with Gasteiger partial charge in [-0.2, -0.15) is 0 Å². The largest absolute Gasteiger partial charge is 0.481 e. The number of carboxylic acids is 2. The average Bonchev–Trinajstić information content (AvgIpc) is 2.25. The summed E-state index contributed by atoms with van der Waals surface area (Å²) in [4.78, 5) is 21.3. The molecule has 0 spiro atoms. The molecule has 0 aliphatic heterocycles. The molecule has 86 valence electrons. The molecule has 0 heterocycles. The van der Waals surface area contributed by atoms with Gasteiger partial charge < -0.3 is 10.2 Å². The quantitative estimate of drug-likeness (QED) is 0.801. The molecule has 4 nitrogen and oxygen atoms in total. The number of hydrogen-bond acceptors (Lipinski definition) is 2. The Morgan fingerprint density at radius 3 is 2.12 bits per heavy atom. The van der Waals surface area contributed by atoms with E-state index in [1.54, 1.807) is 12.1 Å². The molecule has 0 saturated carbocycles. The molecule has 1 unspecified atom stereocenters. The van der Waals surface area contributed by atoms with Crippen LogP contribution in [0.2, 0.25) is 0 Å². The molecule has 1 aromatic rings.